The number of carbonyl (C=O) groups is 1. The Morgan fingerprint density at radius 2 is 2.22 bits per heavy atom. The highest BCUT2D eigenvalue weighted by atomic mass is 79.9. The van der Waals surface area contributed by atoms with Gasteiger partial charge in [-0.3, -0.25) is 4.79 Å². The lowest BCUT2D eigenvalue weighted by Gasteiger charge is -2.08. The van der Waals surface area contributed by atoms with Crippen LogP contribution in [0.2, 0.25) is 5.02 Å². The molecular formula is C12H10BrClN2O2. The molecule has 0 aliphatic heterocycles. The van der Waals surface area contributed by atoms with Crippen LogP contribution in [-0.4, -0.2) is 16.1 Å². The molecule has 1 aromatic carbocycles. The molecule has 2 aromatic rings. The number of benzene rings is 1. The summed E-state index contributed by atoms with van der Waals surface area (Å²) >= 11 is 9.21. The Hall–Kier alpha value is -1.33. The van der Waals surface area contributed by atoms with Gasteiger partial charge in [0.2, 0.25) is 5.88 Å². The molecule has 0 fully saturated rings. The van der Waals surface area contributed by atoms with Crippen LogP contribution in [0.3, 0.4) is 0 Å². The van der Waals surface area contributed by atoms with Gasteiger partial charge in [-0.1, -0.05) is 11.6 Å². The van der Waals surface area contributed by atoms with Crippen molar-refractivity contribution in [3.8, 4) is 11.6 Å². The summed E-state index contributed by atoms with van der Waals surface area (Å²) in [5.74, 6) is 0.982. The van der Waals surface area contributed by atoms with Crippen LogP contribution in [0.5, 0.6) is 11.6 Å². The summed E-state index contributed by atoms with van der Waals surface area (Å²) in [7, 11) is 1.72. The van der Waals surface area contributed by atoms with Crippen LogP contribution in [0.25, 0.3) is 0 Å². The van der Waals surface area contributed by atoms with Crippen LogP contribution in [0.4, 0.5) is 0 Å². The second-order valence-electron chi connectivity index (χ2n) is 3.72. The van der Waals surface area contributed by atoms with E-state index in [4.69, 9.17) is 16.3 Å². The molecule has 0 spiro atoms. The van der Waals surface area contributed by atoms with E-state index in [0.29, 0.717) is 32.4 Å². The third-order valence-corrected chi connectivity index (χ3v) is 3.29. The zero-order chi connectivity index (χ0) is 13.3. The van der Waals surface area contributed by atoms with Crippen molar-refractivity contribution in [2.24, 2.45) is 7.05 Å². The van der Waals surface area contributed by atoms with Gasteiger partial charge in [-0.2, -0.15) is 5.10 Å². The maximum absolute atomic E-state index is 11.0. The first kappa shape index (κ1) is 13.1. The number of hydrogen-bond donors (Lipinski definition) is 0. The Balaban J connectivity index is 2.42. The summed E-state index contributed by atoms with van der Waals surface area (Å²) < 4.78 is 7.94. The van der Waals surface area contributed by atoms with Crippen molar-refractivity contribution >= 4 is 33.8 Å². The fourth-order valence-electron chi connectivity index (χ4n) is 1.57. The Labute approximate surface area is 118 Å². The molecule has 0 aliphatic carbocycles. The Morgan fingerprint density at radius 3 is 2.83 bits per heavy atom. The number of rotatable bonds is 3. The monoisotopic (exact) mass is 328 g/mol. The zero-order valence-corrected chi connectivity index (χ0v) is 12.1. The van der Waals surface area contributed by atoms with Crippen LogP contribution >= 0.6 is 27.5 Å². The fraction of sp³-hybridized carbons (Fsp3) is 0.167. The minimum absolute atomic E-state index is 0.408. The standard InChI is InChI=1S/C12H10BrClN2O2/c1-7-9(6-17)12(16(2)15-7)18-11-4-3-8(14)5-10(11)13/h3-6H,1-2H3. The summed E-state index contributed by atoms with van der Waals surface area (Å²) in [6.07, 6.45) is 0.738. The number of hydrogen-bond acceptors (Lipinski definition) is 3. The SMILES string of the molecule is Cc1nn(C)c(Oc2ccc(Cl)cc2Br)c1C=O. The molecule has 0 aliphatic rings. The highest BCUT2D eigenvalue weighted by Gasteiger charge is 2.15. The first-order valence-corrected chi connectivity index (χ1v) is 6.31. The highest BCUT2D eigenvalue weighted by Crippen LogP contribution is 2.33. The van der Waals surface area contributed by atoms with Crippen molar-refractivity contribution in [3.63, 3.8) is 0 Å². The van der Waals surface area contributed by atoms with Crippen LogP contribution < -0.4 is 4.74 Å². The number of aromatic nitrogens is 2. The second kappa shape index (κ2) is 5.12. The molecule has 0 atom stereocenters. The second-order valence-corrected chi connectivity index (χ2v) is 5.01. The maximum Gasteiger partial charge on any atom is 0.228 e. The number of aldehydes is 1. The average Bonchev–Trinajstić information content (AvgIpc) is 2.57. The molecule has 4 nitrogen and oxygen atoms in total. The van der Waals surface area contributed by atoms with Crippen LogP contribution in [0.15, 0.2) is 22.7 Å². The number of aryl methyl sites for hydroxylation is 2. The van der Waals surface area contributed by atoms with Crippen molar-refractivity contribution in [3.05, 3.63) is 39.0 Å². The van der Waals surface area contributed by atoms with Gasteiger partial charge in [0.25, 0.3) is 0 Å². The van der Waals surface area contributed by atoms with E-state index in [2.05, 4.69) is 21.0 Å². The molecule has 94 valence electrons. The minimum Gasteiger partial charge on any atom is -0.437 e. The lowest BCUT2D eigenvalue weighted by atomic mass is 10.3. The van der Waals surface area contributed by atoms with Crippen LogP contribution in [-0.2, 0) is 7.05 Å². The zero-order valence-electron chi connectivity index (χ0n) is 9.78. The van der Waals surface area contributed by atoms with Gasteiger partial charge >= 0.3 is 0 Å². The van der Waals surface area contributed by atoms with E-state index < -0.39 is 0 Å². The topological polar surface area (TPSA) is 44.1 Å². The molecule has 0 amide bonds. The molecule has 0 saturated heterocycles. The Kier molecular flexibility index (Phi) is 3.73. The number of ether oxygens (including phenoxy) is 1. The minimum atomic E-state index is 0.408. The van der Waals surface area contributed by atoms with E-state index in [1.165, 1.54) is 4.68 Å². The van der Waals surface area contributed by atoms with Crippen molar-refractivity contribution < 1.29 is 9.53 Å². The summed E-state index contributed by atoms with van der Waals surface area (Å²) in [6.45, 7) is 1.76. The smallest absolute Gasteiger partial charge is 0.228 e. The summed E-state index contributed by atoms with van der Waals surface area (Å²) in [6, 6.07) is 5.16. The Bertz CT molecular complexity index is 610. The molecule has 0 unspecified atom stereocenters. The van der Waals surface area contributed by atoms with Crippen molar-refractivity contribution in [2.45, 2.75) is 6.92 Å². The summed E-state index contributed by atoms with van der Waals surface area (Å²) in [5.41, 5.74) is 1.08. The molecular weight excluding hydrogens is 320 g/mol. The third kappa shape index (κ3) is 2.42. The van der Waals surface area contributed by atoms with E-state index in [0.717, 1.165) is 6.29 Å². The highest BCUT2D eigenvalue weighted by molar-refractivity contribution is 9.10. The predicted octanol–water partition coefficient (Wildman–Crippen LogP) is 3.75. The number of nitrogens with zero attached hydrogens (tertiary/aromatic N) is 2. The molecule has 2 rings (SSSR count). The van der Waals surface area contributed by atoms with Gasteiger partial charge in [0.15, 0.2) is 6.29 Å². The molecule has 18 heavy (non-hydrogen) atoms. The molecule has 0 N–H and O–H groups in total. The van der Waals surface area contributed by atoms with E-state index in [1.807, 2.05) is 0 Å². The summed E-state index contributed by atoms with van der Waals surface area (Å²) in [4.78, 5) is 11.0. The van der Waals surface area contributed by atoms with Gasteiger partial charge < -0.3 is 4.74 Å². The fourth-order valence-corrected chi connectivity index (χ4v) is 2.34. The van der Waals surface area contributed by atoms with E-state index >= 15 is 0 Å². The molecule has 1 heterocycles. The van der Waals surface area contributed by atoms with Crippen LogP contribution in [0, 0.1) is 6.92 Å². The maximum atomic E-state index is 11.0. The van der Waals surface area contributed by atoms with E-state index in [-0.39, 0.29) is 0 Å². The van der Waals surface area contributed by atoms with Crippen molar-refractivity contribution in [1.82, 2.24) is 9.78 Å². The first-order chi connectivity index (χ1) is 8.52. The van der Waals surface area contributed by atoms with Crippen molar-refractivity contribution in [1.29, 1.82) is 0 Å². The quantitative estimate of drug-likeness (QED) is 0.806. The normalized spacial score (nSPS) is 10.4. The Morgan fingerprint density at radius 1 is 1.50 bits per heavy atom. The van der Waals surface area contributed by atoms with Gasteiger partial charge in [0.1, 0.15) is 5.75 Å². The van der Waals surface area contributed by atoms with E-state index in [1.54, 1.807) is 32.2 Å². The van der Waals surface area contributed by atoms with Gasteiger partial charge in [0.05, 0.1) is 15.7 Å². The molecule has 0 radical (unpaired) electrons. The predicted molar refractivity (Wildman–Crippen MR) is 72.6 cm³/mol. The van der Waals surface area contributed by atoms with Crippen LogP contribution in [0.1, 0.15) is 16.1 Å². The molecule has 0 saturated carbocycles. The number of halogens is 2. The van der Waals surface area contributed by atoms with Gasteiger partial charge in [-0.05, 0) is 41.1 Å². The molecule has 0 bridgehead atoms. The van der Waals surface area contributed by atoms with Gasteiger partial charge in [0, 0.05) is 12.1 Å². The lowest BCUT2D eigenvalue weighted by Crippen LogP contribution is -1.97. The largest absolute Gasteiger partial charge is 0.437 e. The van der Waals surface area contributed by atoms with Crippen molar-refractivity contribution in [2.75, 3.05) is 0 Å². The molecule has 6 heteroatoms. The van der Waals surface area contributed by atoms with Gasteiger partial charge in [-0.25, -0.2) is 4.68 Å². The average molecular weight is 330 g/mol. The lowest BCUT2D eigenvalue weighted by molar-refractivity contribution is 0.112. The third-order valence-electron chi connectivity index (χ3n) is 2.43. The summed E-state index contributed by atoms with van der Waals surface area (Å²) in [5, 5.41) is 4.75. The molecule has 1 aromatic heterocycles. The van der Waals surface area contributed by atoms with E-state index in [9.17, 15) is 4.79 Å². The van der Waals surface area contributed by atoms with Gasteiger partial charge in [-0.15, -0.1) is 0 Å². The number of carbonyl (C=O) groups excluding carboxylic acids is 1. The first-order valence-electron chi connectivity index (χ1n) is 5.14.